The van der Waals surface area contributed by atoms with Crippen molar-refractivity contribution >= 4 is 11.9 Å². The molecule has 0 heterocycles. The largest absolute Gasteiger partial charge is 0.465 e. The third-order valence-electron chi connectivity index (χ3n) is 10.1. The van der Waals surface area contributed by atoms with E-state index in [9.17, 15) is 9.59 Å². The number of hydrogen-bond donors (Lipinski definition) is 0. The second-order valence-electron chi connectivity index (χ2n) is 11.7. The van der Waals surface area contributed by atoms with Crippen molar-refractivity contribution in [2.75, 3.05) is 13.2 Å². The summed E-state index contributed by atoms with van der Waals surface area (Å²) in [4.78, 5) is 26.8. The van der Waals surface area contributed by atoms with Crippen molar-refractivity contribution < 1.29 is 19.1 Å². The Kier molecular flexibility index (Phi) is 6.39. The molecule has 0 saturated heterocycles. The minimum Gasteiger partial charge on any atom is -0.465 e. The van der Waals surface area contributed by atoms with Crippen LogP contribution in [0.5, 0.6) is 0 Å². The van der Waals surface area contributed by atoms with Gasteiger partial charge in [-0.2, -0.15) is 0 Å². The summed E-state index contributed by atoms with van der Waals surface area (Å²) < 4.78 is 11.7. The zero-order chi connectivity index (χ0) is 24.8. The van der Waals surface area contributed by atoms with Gasteiger partial charge in [0.05, 0.1) is 25.0 Å². The predicted octanol–water partition coefficient (Wildman–Crippen LogP) is 6.08. The summed E-state index contributed by atoms with van der Waals surface area (Å²) in [6.45, 7) is 5.34. The fourth-order valence-corrected chi connectivity index (χ4v) is 8.18. The molecule has 2 bridgehead atoms. The molecule has 2 aromatic carbocycles. The first-order valence-electron chi connectivity index (χ1n) is 14.1. The quantitative estimate of drug-likeness (QED) is 0.403. The van der Waals surface area contributed by atoms with Crippen LogP contribution in [0, 0.1) is 35.5 Å². The van der Waals surface area contributed by atoms with Crippen LogP contribution in [0.1, 0.15) is 73.6 Å². The van der Waals surface area contributed by atoms with Gasteiger partial charge in [-0.1, -0.05) is 68.8 Å². The average Bonchev–Trinajstić information content (AvgIpc) is 3.40. The standard InChI is InChI=1S/C32H38O4/c1-3-24-19(2)27-18-28(24)30(32(34)36-15-13-23-17-21-9-5-7-11-26(21)23)29(27)31(33)35-14-12-22-16-20-8-4-6-10-25(20)22/h4-11,19,22-24,27-30H,3,12-18H2,1-2H3. The summed E-state index contributed by atoms with van der Waals surface area (Å²) in [6.07, 6.45) is 5.85. The molecule has 0 N–H and O–H groups in total. The number of carbonyl (C=O) groups excluding carboxylic acids is 2. The van der Waals surface area contributed by atoms with Gasteiger partial charge in [0, 0.05) is 0 Å². The maximum atomic E-state index is 13.4. The molecule has 0 aliphatic heterocycles. The molecule has 4 aliphatic rings. The lowest BCUT2D eigenvalue weighted by atomic mass is 9.68. The monoisotopic (exact) mass is 486 g/mol. The number of ether oxygens (including phenoxy) is 2. The van der Waals surface area contributed by atoms with Crippen molar-refractivity contribution in [1.82, 2.24) is 0 Å². The topological polar surface area (TPSA) is 52.6 Å². The Bertz CT molecular complexity index is 1140. The Morgan fingerprint density at radius 1 is 0.778 bits per heavy atom. The molecule has 0 aromatic heterocycles. The van der Waals surface area contributed by atoms with Crippen molar-refractivity contribution in [3.05, 3.63) is 70.8 Å². The Hall–Kier alpha value is -2.62. The number of esters is 2. The number of hydrogen-bond acceptors (Lipinski definition) is 4. The predicted molar refractivity (Wildman–Crippen MR) is 138 cm³/mol. The first-order valence-corrected chi connectivity index (χ1v) is 14.1. The maximum Gasteiger partial charge on any atom is 0.310 e. The van der Waals surface area contributed by atoms with E-state index in [2.05, 4.69) is 62.4 Å². The minimum absolute atomic E-state index is 0.171. The Morgan fingerprint density at radius 3 is 1.78 bits per heavy atom. The summed E-state index contributed by atoms with van der Waals surface area (Å²) in [7, 11) is 0. The highest BCUT2D eigenvalue weighted by Gasteiger charge is 2.61. The van der Waals surface area contributed by atoms with Gasteiger partial charge in [0.15, 0.2) is 0 Å². The van der Waals surface area contributed by atoms with Crippen LogP contribution in [0.3, 0.4) is 0 Å². The molecule has 36 heavy (non-hydrogen) atoms. The lowest BCUT2D eigenvalue weighted by Crippen LogP contribution is -2.43. The molecule has 4 aliphatic carbocycles. The number of benzene rings is 2. The van der Waals surface area contributed by atoms with Crippen molar-refractivity contribution in [2.45, 2.75) is 64.2 Å². The molecule has 0 amide bonds. The Morgan fingerprint density at radius 2 is 1.28 bits per heavy atom. The van der Waals surface area contributed by atoms with Gasteiger partial charge in [0.25, 0.3) is 0 Å². The third kappa shape index (κ3) is 3.97. The van der Waals surface area contributed by atoms with E-state index in [1.54, 1.807) is 0 Å². The maximum absolute atomic E-state index is 13.4. The lowest BCUT2D eigenvalue weighted by molar-refractivity contribution is -0.166. The molecule has 4 nitrogen and oxygen atoms in total. The zero-order valence-corrected chi connectivity index (χ0v) is 21.5. The van der Waals surface area contributed by atoms with Crippen LogP contribution in [0.15, 0.2) is 48.5 Å². The minimum atomic E-state index is -0.349. The zero-order valence-electron chi connectivity index (χ0n) is 21.5. The van der Waals surface area contributed by atoms with E-state index < -0.39 is 0 Å². The molecule has 190 valence electrons. The normalized spacial score (nSPS) is 33.2. The Labute approximate surface area is 214 Å². The molecular weight excluding hydrogens is 448 g/mol. The van der Waals surface area contributed by atoms with Gasteiger partial charge < -0.3 is 9.47 Å². The SMILES string of the molecule is CCC1C(C)C2CC1C(C(=O)OCCC1Cc3ccccc31)C2C(=O)OCCC1Cc2ccccc21. The van der Waals surface area contributed by atoms with Crippen LogP contribution >= 0.6 is 0 Å². The molecule has 8 unspecified atom stereocenters. The highest BCUT2D eigenvalue weighted by Crippen LogP contribution is 2.59. The number of rotatable bonds is 9. The molecular formula is C32H38O4. The molecule has 2 aromatic rings. The summed E-state index contributed by atoms with van der Waals surface area (Å²) in [5.41, 5.74) is 5.61. The average molecular weight is 487 g/mol. The van der Waals surface area contributed by atoms with E-state index in [1.165, 1.54) is 22.3 Å². The second kappa shape index (κ2) is 9.68. The lowest BCUT2D eigenvalue weighted by Gasteiger charge is -2.37. The second-order valence-corrected chi connectivity index (χ2v) is 11.7. The van der Waals surface area contributed by atoms with Crippen LogP contribution in [0.25, 0.3) is 0 Å². The van der Waals surface area contributed by atoms with E-state index in [4.69, 9.17) is 9.47 Å². The van der Waals surface area contributed by atoms with Crippen LogP contribution in [-0.4, -0.2) is 25.2 Å². The van der Waals surface area contributed by atoms with E-state index in [1.807, 2.05) is 0 Å². The van der Waals surface area contributed by atoms with Crippen molar-refractivity contribution in [3.8, 4) is 0 Å². The van der Waals surface area contributed by atoms with Gasteiger partial charge in [-0.15, -0.1) is 0 Å². The molecule has 0 spiro atoms. The van der Waals surface area contributed by atoms with Gasteiger partial charge in [-0.25, -0.2) is 0 Å². The first-order chi connectivity index (χ1) is 17.6. The smallest absolute Gasteiger partial charge is 0.310 e. The van der Waals surface area contributed by atoms with Gasteiger partial charge >= 0.3 is 11.9 Å². The van der Waals surface area contributed by atoms with E-state index in [-0.39, 0.29) is 35.6 Å². The van der Waals surface area contributed by atoms with Crippen LogP contribution in [0.4, 0.5) is 0 Å². The first kappa shape index (κ1) is 23.8. The summed E-state index contributed by atoms with van der Waals surface area (Å²) in [5, 5.41) is 0. The van der Waals surface area contributed by atoms with Gasteiger partial charge in [0.1, 0.15) is 0 Å². The molecule has 2 saturated carbocycles. The highest BCUT2D eigenvalue weighted by atomic mass is 16.5. The van der Waals surface area contributed by atoms with Crippen LogP contribution < -0.4 is 0 Å². The fraction of sp³-hybridized carbons (Fsp3) is 0.562. The fourth-order valence-electron chi connectivity index (χ4n) is 8.18. The Balaban J connectivity index is 1.06. The summed E-state index contributed by atoms with van der Waals surface area (Å²) in [5.74, 6) is 1.33. The summed E-state index contributed by atoms with van der Waals surface area (Å²) in [6, 6.07) is 17.1. The van der Waals surface area contributed by atoms with Crippen molar-refractivity contribution in [3.63, 3.8) is 0 Å². The van der Waals surface area contributed by atoms with E-state index >= 15 is 0 Å². The highest BCUT2D eigenvalue weighted by molar-refractivity contribution is 5.84. The van der Waals surface area contributed by atoms with Gasteiger partial charge in [-0.3, -0.25) is 9.59 Å². The number of carbonyl (C=O) groups is 2. The summed E-state index contributed by atoms with van der Waals surface area (Å²) >= 11 is 0. The van der Waals surface area contributed by atoms with Crippen LogP contribution in [-0.2, 0) is 31.9 Å². The van der Waals surface area contributed by atoms with Gasteiger partial charge in [-0.05, 0) is 89.9 Å². The molecule has 6 rings (SSSR count). The molecule has 4 heteroatoms. The van der Waals surface area contributed by atoms with Crippen LogP contribution in [0.2, 0.25) is 0 Å². The molecule has 2 fully saturated rings. The van der Waals surface area contributed by atoms with Gasteiger partial charge in [0.2, 0.25) is 0 Å². The van der Waals surface area contributed by atoms with E-state index in [0.29, 0.717) is 36.9 Å². The third-order valence-corrected chi connectivity index (χ3v) is 10.1. The van der Waals surface area contributed by atoms with Crippen molar-refractivity contribution in [2.24, 2.45) is 35.5 Å². The number of fused-ring (bicyclic) bond motifs is 4. The molecule has 0 radical (unpaired) electrons. The van der Waals surface area contributed by atoms with Crippen molar-refractivity contribution in [1.29, 1.82) is 0 Å². The van der Waals surface area contributed by atoms with E-state index in [0.717, 1.165) is 38.5 Å². The molecule has 8 atom stereocenters.